The molecule has 7 rings (SSSR count). The molecule has 2 aromatic carbocycles. The van der Waals surface area contributed by atoms with Gasteiger partial charge in [-0.05, 0) is 68.0 Å². The third kappa shape index (κ3) is 4.73. The molecule has 0 unspecified atom stereocenters. The molecule has 3 aliphatic rings. The summed E-state index contributed by atoms with van der Waals surface area (Å²) in [6.45, 7) is 5.64. The van der Waals surface area contributed by atoms with Gasteiger partial charge in [-0.3, -0.25) is 9.59 Å². The van der Waals surface area contributed by atoms with Gasteiger partial charge in [0.2, 0.25) is 5.91 Å². The summed E-state index contributed by atoms with van der Waals surface area (Å²) in [6, 6.07) is 17.2. The normalized spacial score (nSPS) is 20.4. The molecule has 41 heavy (non-hydrogen) atoms. The highest BCUT2D eigenvalue weighted by atomic mass is 19.1. The zero-order valence-electron chi connectivity index (χ0n) is 23.3. The van der Waals surface area contributed by atoms with E-state index in [9.17, 15) is 9.59 Å². The van der Waals surface area contributed by atoms with Crippen molar-refractivity contribution in [2.75, 3.05) is 24.5 Å². The molecule has 0 spiro atoms. The standard InChI is InChI=1S/C32H33FN6O2/c1-19-25-6-4-3-5-21(25)11-14-38(19)32(41)29-16-30(22-7-8-22)39-31(35-29)17-28(36-39)26-10-9-24(15-27(26)33)37-13-12-23(18-37)34-20(2)40/h3-6,9-10,15-17,19,22-23H,7-8,11-14,18H2,1-2H3,(H,34,40)/t19-,23+/m1/s1. The third-order valence-corrected chi connectivity index (χ3v) is 8.71. The van der Waals surface area contributed by atoms with Gasteiger partial charge >= 0.3 is 0 Å². The lowest BCUT2D eigenvalue weighted by atomic mass is 9.93. The first-order chi connectivity index (χ1) is 19.9. The fourth-order valence-electron chi connectivity index (χ4n) is 6.41. The van der Waals surface area contributed by atoms with Crippen LogP contribution in [0.25, 0.3) is 16.9 Å². The lowest BCUT2D eigenvalue weighted by molar-refractivity contribution is -0.119. The summed E-state index contributed by atoms with van der Waals surface area (Å²) >= 11 is 0. The number of amides is 2. The Labute approximate surface area is 238 Å². The van der Waals surface area contributed by atoms with Crippen LogP contribution in [-0.4, -0.2) is 57.0 Å². The van der Waals surface area contributed by atoms with Gasteiger partial charge in [0.15, 0.2) is 5.65 Å². The van der Waals surface area contributed by atoms with Gasteiger partial charge in [-0.2, -0.15) is 5.10 Å². The minimum Gasteiger partial charge on any atom is -0.369 e. The van der Waals surface area contributed by atoms with E-state index in [0.717, 1.165) is 43.6 Å². The molecule has 8 nitrogen and oxygen atoms in total. The zero-order valence-corrected chi connectivity index (χ0v) is 23.3. The summed E-state index contributed by atoms with van der Waals surface area (Å²) in [4.78, 5) is 33.9. The van der Waals surface area contributed by atoms with E-state index < -0.39 is 0 Å². The van der Waals surface area contributed by atoms with Crippen LogP contribution in [0, 0.1) is 5.82 Å². The maximum atomic E-state index is 15.5. The number of carbonyl (C=O) groups excluding carboxylic acids is 2. The molecule has 210 valence electrons. The summed E-state index contributed by atoms with van der Waals surface area (Å²) in [5.41, 5.74) is 6.06. The largest absolute Gasteiger partial charge is 0.369 e. The highest BCUT2D eigenvalue weighted by molar-refractivity contribution is 5.93. The number of rotatable bonds is 5. The lowest BCUT2D eigenvalue weighted by Crippen LogP contribution is -2.39. The molecule has 4 heterocycles. The highest BCUT2D eigenvalue weighted by Gasteiger charge is 2.33. The number of nitrogens with zero attached hydrogens (tertiary/aromatic N) is 5. The molecule has 0 bridgehead atoms. The Hall–Kier alpha value is -4.27. The quantitative estimate of drug-likeness (QED) is 0.381. The Bertz CT molecular complexity index is 1680. The van der Waals surface area contributed by atoms with Crippen molar-refractivity contribution in [1.82, 2.24) is 24.8 Å². The number of benzene rings is 2. The maximum Gasteiger partial charge on any atom is 0.273 e. The van der Waals surface area contributed by atoms with Crippen molar-refractivity contribution >= 4 is 23.1 Å². The predicted octanol–water partition coefficient (Wildman–Crippen LogP) is 4.89. The summed E-state index contributed by atoms with van der Waals surface area (Å²) in [7, 11) is 0. The zero-order chi connectivity index (χ0) is 28.2. The van der Waals surface area contributed by atoms with Crippen LogP contribution in [0.5, 0.6) is 0 Å². The maximum absolute atomic E-state index is 15.5. The molecule has 2 fully saturated rings. The number of halogens is 1. The van der Waals surface area contributed by atoms with E-state index in [1.54, 1.807) is 16.6 Å². The SMILES string of the molecule is CC(=O)N[C@H]1CCN(c2ccc(-c3cc4nc(C(=O)N5CCc6ccccc6[C@H]5C)cc(C5CC5)n4n3)c(F)c2)C1. The number of carbonyl (C=O) groups is 2. The Kier molecular flexibility index (Phi) is 6.25. The number of hydrogen-bond acceptors (Lipinski definition) is 5. The van der Waals surface area contributed by atoms with Gasteiger partial charge in [-0.25, -0.2) is 13.9 Å². The van der Waals surface area contributed by atoms with Gasteiger partial charge in [0.25, 0.3) is 5.91 Å². The van der Waals surface area contributed by atoms with Crippen molar-refractivity contribution in [2.24, 2.45) is 0 Å². The molecule has 1 aliphatic carbocycles. The molecular weight excluding hydrogens is 519 g/mol. The molecule has 2 aromatic heterocycles. The third-order valence-electron chi connectivity index (χ3n) is 8.71. The molecule has 2 amide bonds. The molecule has 2 atom stereocenters. The fraction of sp³-hybridized carbons (Fsp3) is 0.375. The second-order valence-electron chi connectivity index (χ2n) is 11.6. The molecule has 1 saturated carbocycles. The van der Waals surface area contributed by atoms with Crippen LogP contribution in [0.2, 0.25) is 0 Å². The minimum absolute atomic E-state index is 0.0351. The number of fused-ring (bicyclic) bond motifs is 2. The van der Waals surface area contributed by atoms with Gasteiger partial charge in [0.05, 0.1) is 11.7 Å². The Balaban J connectivity index is 1.18. The molecule has 2 aliphatic heterocycles. The van der Waals surface area contributed by atoms with Gasteiger partial charge in [0, 0.05) is 61.5 Å². The smallest absolute Gasteiger partial charge is 0.273 e. The van der Waals surface area contributed by atoms with Crippen LogP contribution in [0.3, 0.4) is 0 Å². The van der Waals surface area contributed by atoms with Crippen LogP contribution in [0.4, 0.5) is 10.1 Å². The second kappa shape index (κ2) is 9.98. The summed E-state index contributed by atoms with van der Waals surface area (Å²) < 4.78 is 17.3. The fourth-order valence-corrected chi connectivity index (χ4v) is 6.41. The Morgan fingerprint density at radius 3 is 2.63 bits per heavy atom. The molecule has 4 aromatic rings. The first-order valence-electron chi connectivity index (χ1n) is 14.5. The van der Waals surface area contributed by atoms with E-state index in [2.05, 4.69) is 29.3 Å². The first-order valence-corrected chi connectivity index (χ1v) is 14.5. The predicted molar refractivity (Wildman–Crippen MR) is 154 cm³/mol. The molecule has 1 N–H and O–H groups in total. The van der Waals surface area contributed by atoms with Crippen LogP contribution in [-0.2, 0) is 11.2 Å². The van der Waals surface area contributed by atoms with Gasteiger partial charge in [-0.1, -0.05) is 24.3 Å². The number of hydrogen-bond donors (Lipinski definition) is 1. The molecule has 0 radical (unpaired) electrons. The number of anilines is 1. The van der Waals surface area contributed by atoms with E-state index in [-0.39, 0.29) is 29.7 Å². The Morgan fingerprint density at radius 1 is 1.02 bits per heavy atom. The van der Waals surface area contributed by atoms with Crippen molar-refractivity contribution in [3.63, 3.8) is 0 Å². The number of nitrogens with one attached hydrogen (secondary N) is 1. The van der Waals surface area contributed by atoms with E-state index in [1.807, 2.05) is 29.2 Å². The van der Waals surface area contributed by atoms with E-state index in [1.165, 1.54) is 24.1 Å². The number of aromatic nitrogens is 3. The molecule has 1 saturated heterocycles. The summed E-state index contributed by atoms with van der Waals surface area (Å²) in [6.07, 6.45) is 3.72. The minimum atomic E-state index is -0.362. The van der Waals surface area contributed by atoms with Crippen LogP contribution in [0.15, 0.2) is 54.6 Å². The van der Waals surface area contributed by atoms with E-state index in [4.69, 9.17) is 10.1 Å². The van der Waals surface area contributed by atoms with Crippen molar-refractivity contribution in [3.05, 3.63) is 82.9 Å². The van der Waals surface area contributed by atoms with Gasteiger partial charge in [0.1, 0.15) is 11.5 Å². The summed E-state index contributed by atoms with van der Waals surface area (Å²) in [5.74, 6) is -0.180. The van der Waals surface area contributed by atoms with Crippen molar-refractivity contribution in [2.45, 2.75) is 57.5 Å². The van der Waals surface area contributed by atoms with Gasteiger partial charge < -0.3 is 15.1 Å². The second-order valence-corrected chi connectivity index (χ2v) is 11.6. The lowest BCUT2D eigenvalue weighted by Gasteiger charge is -2.35. The average Bonchev–Trinajstić information content (AvgIpc) is 3.55. The van der Waals surface area contributed by atoms with Crippen molar-refractivity contribution in [1.29, 1.82) is 0 Å². The van der Waals surface area contributed by atoms with Crippen LogP contribution < -0.4 is 10.2 Å². The average molecular weight is 553 g/mol. The molecular formula is C32H33FN6O2. The van der Waals surface area contributed by atoms with Crippen molar-refractivity contribution in [3.8, 4) is 11.3 Å². The summed E-state index contributed by atoms with van der Waals surface area (Å²) in [5, 5.41) is 7.71. The molecule has 9 heteroatoms. The van der Waals surface area contributed by atoms with Crippen LogP contribution in [0.1, 0.15) is 72.4 Å². The Morgan fingerprint density at radius 2 is 1.85 bits per heavy atom. The van der Waals surface area contributed by atoms with Crippen LogP contribution >= 0.6 is 0 Å². The van der Waals surface area contributed by atoms with Gasteiger partial charge in [-0.15, -0.1) is 0 Å². The first kappa shape index (κ1) is 25.7. The topological polar surface area (TPSA) is 82.8 Å². The van der Waals surface area contributed by atoms with E-state index >= 15 is 4.39 Å². The van der Waals surface area contributed by atoms with Crippen molar-refractivity contribution < 1.29 is 14.0 Å². The monoisotopic (exact) mass is 552 g/mol. The van der Waals surface area contributed by atoms with E-state index in [0.29, 0.717) is 41.6 Å². The highest BCUT2D eigenvalue weighted by Crippen LogP contribution is 2.41.